The van der Waals surface area contributed by atoms with Gasteiger partial charge in [0.25, 0.3) is 0 Å². The first-order valence-electron chi connectivity index (χ1n) is 7.16. The van der Waals surface area contributed by atoms with Crippen LogP contribution in [0, 0.1) is 10.1 Å². The van der Waals surface area contributed by atoms with Gasteiger partial charge >= 0.3 is 5.69 Å². The molecule has 1 aromatic heterocycles. The van der Waals surface area contributed by atoms with Crippen molar-refractivity contribution >= 4 is 17.5 Å². The van der Waals surface area contributed by atoms with Gasteiger partial charge in [0.05, 0.1) is 12.0 Å². The van der Waals surface area contributed by atoms with Crippen molar-refractivity contribution in [3.05, 3.63) is 46.1 Å². The number of ether oxygens (including phenoxy) is 1. The van der Waals surface area contributed by atoms with Gasteiger partial charge in [-0.05, 0) is 30.0 Å². The Hall–Kier alpha value is -2.90. The van der Waals surface area contributed by atoms with Gasteiger partial charge in [0.15, 0.2) is 0 Å². The van der Waals surface area contributed by atoms with Crippen LogP contribution in [0.15, 0.2) is 30.5 Å². The molecule has 23 heavy (non-hydrogen) atoms. The first kappa shape index (κ1) is 16.5. The van der Waals surface area contributed by atoms with E-state index in [0.29, 0.717) is 12.5 Å². The van der Waals surface area contributed by atoms with Gasteiger partial charge < -0.3 is 15.8 Å². The lowest BCUT2D eigenvalue weighted by Crippen LogP contribution is -2.10. The van der Waals surface area contributed by atoms with Gasteiger partial charge in [0, 0.05) is 6.54 Å². The molecule has 2 aromatic rings. The van der Waals surface area contributed by atoms with Crippen LogP contribution < -0.4 is 15.8 Å². The molecular weight excluding hydrogens is 298 g/mol. The summed E-state index contributed by atoms with van der Waals surface area (Å²) in [6, 6.07) is 7.92. The summed E-state index contributed by atoms with van der Waals surface area (Å²) in [6.45, 7) is 2.75. The van der Waals surface area contributed by atoms with Crippen molar-refractivity contribution in [3.8, 4) is 5.75 Å². The van der Waals surface area contributed by atoms with E-state index in [1.165, 1.54) is 5.56 Å². The Kier molecular flexibility index (Phi) is 5.29. The minimum atomic E-state index is -0.606. The van der Waals surface area contributed by atoms with Crippen LogP contribution in [0.4, 0.5) is 17.5 Å². The van der Waals surface area contributed by atoms with Crippen LogP contribution in [0.5, 0.6) is 5.75 Å². The maximum Gasteiger partial charge on any atom is 0.329 e. The molecule has 0 fully saturated rings. The third-order valence-corrected chi connectivity index (χ3v) is 3.54. The molecule has 0 saturated carbocycles. The van der Waals surface area contributed by atoms with Crippen molar-refractivity contribution in [2.24, 2.45) is 0 Å². The number of rotatable bonds is 7. The van der Waals surface area contributed by atoms with E-state index in [9.17, 15) is 10.1 Å². The average Bonchev–Trinajstić information content (AvgIpc) is 2.54. The lowest BCUT2D eigenvalue weighted by molar-refractivity contribution is -0.384. The molecule has 0 radical (unpaired) electrons. The SMILES string of the molecule is COc1ccc(C(C)CCNc2ncc([N+](=O)[O-])c(N)n2)cc1. The zero-order chi connectivity index (χ0) is 16.8. The van der Waals surface area contributed by atoms with Crippen molar-refractivity contribution in [2.75, 3.05) is 24.7 Å². The summed E-state index contributed by atoms with van der Waals surface area (Å²) in [7, 11) is 1.64. The minimum absolute atomic E-state index is 0.143. The lowest BCUT2D eigenvalue weighted by Gasteiger charge is -2.13. The van der Waals surface area contributed by atoms with Gasteiger partial charge in [-0.3, -0.25) is 10.1 Å². The first-order chi connectivity index (χ1) is 11.0. The summed E-state index contributed by atoms with van der Waals surface area (Å²) in [5, 5.41) is 13.7. The van der Waals surface area contributed by atoms with Crippen LogP contribution in [0.2, 0.25) is 0 Å². The zero-order valence-corrected chi connectivity index (χ0v) is 13.0. The summed E-state index contributed by atoms with van der Waals surface area (Å²) in [6.07, 6.45) is 1.96. The molecule has 0 amide bonds. The number of benzene rings is 1. The second kappa shape index (κ2) is 7.39. The Morgan fingerprint density at radius 3 is 2.65 bits per heavy atom. The Labute approximate surface area is 133 Å². The van der Waals surface area contributed by atoms with E-state index in [4.69, 9.17) is 10.5 Å². The van der Waals surface area contributed by atoms with E-state index < -0.39 is 4.92 Å². The molecule has 0 spiro atoms. The molecular formula is C15H19N5O3. The van der Waals surface area contributed by atoms with Crippen LogP contribution in [0.1, 0.15) is 24.8 Å². The zero-order valence-electron chi connectivity index (χ0n) is 13.0. The van der Waals surface area contributed by atoms with Crippen LogP contribution in [-0.2, 0) is 0 Å². The molecule has 0 bridgehead atoms. The quantitative estimate of drug-likeness (QED) is 0.595. The molecule has 0 aliphatic carbocycles. The number of methoxy groups -OCH3 is 1. The molecule has 0 aliphatic rings. The topological polar surface area (TPSA) is 116 Å². The van der Waals surface area contributed by atoms with Crippen molar-refractivity contribution in [1.29, 1.82) is 0 Å². The van der Waals surface area contributed by atoms with E-state index >= 15 is 0 Å². The number of nitrogens with zero attached hydrogens (tertiary/aromatic N) is 3. The largest absolute Gasteiger partial charge is 0.497 e. The van der Waals surface area contributed by atoms with E-state index in [-0.39, 0.29) is 17.5 Å². The molecule has 1 aromatic carbocycles. The average molecular weight is 317 g/mol. The van der Waals surface area contributed by atoms with Gasteiger partial charge in [0.1, 0.15) is 11.9 Å². The third kappa shape index (κ3) is 4.29. The summed E-state index contributed by atoms with van der Waals surface area (Å²) in [5.74, 6) is 1.31. The predicted molar refractivity (Wildman–Crippen MR) is 87.6 cm³/mol. The van der Waals surface area contributed by atoms with E-state index in [1.54, 1.807) is 7.11 Å². The fourth-order valence-electron chi connectivity index (χ4n) is 2.11. The maximum atomic E-state index is 10.7. The second-order valence-electron chi connectivity index (χ2n) is 5.11. The highest BCUT2D eigenvalue weighted by Gasteiger charge is 2.14. The highest BCUT2D eigenvalue weighted by molar-refractivity contribution is 5.53. The number of aromatic nitrogens is 2. The number of anilines is 2. The van der Waals surface area contributed by atoms with Crippen LogP contribution in [0.3, 0.4) is 0 Å². The molecule has 0 saturated heterocycles. The highest BCUT2D eigenvalue weighted by Crippen LogP contribution is 2.22. The molecule has 0 aliphatic heterocycles. The summed E-state index contributed by atoms with van der Waals surface area (Å²) >= 11 is 0. The van der Waals surface area contributed by atoms with Crippen molar-refractivity contribution in [2.45, 2.75) is 19.3 Å². The van der Waals surface area contributed by atoms with Crippen molar-refractivity contribution in [1.82, 2.24) is 9.97 Å². The Morgan fingerprint density at radius 1 is 1.39 bits per heavy atom. The van der Waals surface area contributed by atoms with E-state index in [2.05, 4.69) is 22.2 Å². The fourth-order valence-corrected chi connectivity index (χ4v) is 2.11. The molecule has 122 valence electrons. The van der Waals surface area contributed by atoms with Crippen LogP contribution in [-0.4, -0.2) is 28.5 Å². The normalized spacial score (nSPS) is 11.7. The Bertz CT molecular complexity index is 675. The first-order valence-corrected chi connectivity index (χ1v) is 7.16. The van der Waals surface area contributed by atoms with Crippen LogP contribution in [0.25, 0.3) is 0 Å². The number of nitrogens with one attached hydrogen (secondary N) is 1. The maximum absolute atomic E-state index is 10.7. The molecule has 1 heterocycles. The molecule has 1 atom stereocenters. The molecule has 8 heteroatoms. The molecule has 3 N–H and O–H groups in total. The second-order valence-corrected chi connectivity index (χ2v) is 5.11. The van der Waals surface area contributed by atoms with E-state index in [1.807, 2.05) is 24.3 Å². The van der Waals surface area contributed by atoms with Gasteiger partial charge in [-0.15, -0.1) is 0 Å². The third-order valence-electron chi connectivity index (χ3n) is 3.54. The molecule has 8 nitrogen and oxygen atoms in total. The summed E-state index contributed by atoms with van der Waals surface area (Å²) < 4.78 is 5.14. The van der Waals surface area contributed by atoms with Gasteiger partial charge in [0.2, 0.25) is 11.8 Å². The predicted octanol–water partition coefficient (Wildman–Crippen LogP) is 2.58. The molecule has 1 unspecified atom stereocenters. The van der Waals surface area contributed by atoms with Crippen molar-refractivity contribution < 1.29 is 9.66 Å². The smallest absolute Gasteiger partial charge is 0.329 e. The Balaban J connectivity index is 1.88. The summed E-state index contributed by atoms with van der Waals surface area (Å²) in [4.78, 5) is 17.8. The van der Waals surface area contributed by atoms with Gasteiger partial charge in [-0.25, -0.2) is 4.98 Å². The molecule has 2 rings (SSSR count). The lowest BCUT2D eigenvalue weighted by atomic mass is 9.98. The number of nitrogen functional groups attached to an aromatic ring is 1. The van der Waals surface area contributed by atoms with Gasteiger partial charge in [-0.1, -0.05) is 19.1 Å². The van der Waals surface area contributed by atoms with E-state index in [0.717, 1.165) is 18.4 Å². The van der Waals surface area contributed by atoms with Crippen molar-refractivity contribution in [3.63, 3.8) is 0 Å². The Morgan fingerprint density at radius 2 is 2.09 bits per heavy atom. The fraction of sp³-hybridized carbons (Fsp3) is 0.333. The number of nitrogens with two attached hydrogens (primary N) is 1. The number of hydrogen-bond acceptors (Lipinski definition) is 7. The van der Waals surface area contributed by atoms with Crippen LogP contribution >= 0.6 is 0 Å². The summed E-state index contributed by atoms with van der Waals surface area (Å²) in [5.41, 5.74) is 6.44. The monoisotopic (exact) mass is 317 g/mol. The number of hydrogen-bond donors (Lipinski definition) is 2. The van der Waals surface area contributed by atoms with Gasteiger partial charge in [-0.2, -0.15) is 4.98 Å². The standard InChI is InChI=1S/C15H19N5O3/c1-10(11-3-5-12(23-2)6-4-11)7-8-17-15-18-9-13(20(21)22)14(16)19-15/h3-6,9-10H,7-8H2,1-2H3,(H3,16,17,18,19). The number of nitro groups is 1. The minimum Gasteiger partial charge on any atom is -0.497 e. The highest BCUT2D eigenvalue weighted by atomic mass is 16.6.